The van der Waals surface area contributed by atoms with E-state index in [4.69, 9.17) is 0 Å². The van der Waals surface area contributed by atoms with Gasteiger partial charge in [0.2, 0.25) is 0 Å². The van der Waals surface area contributed by atoms with E-state index in [2.05, 4.69) is 22.9 Å². The lowest BCUT2D eigenvalue weighted by Crippen LogP contribution is -2.33. The van der Waals surface area contributed by atoms with Crippen LogP contribution in [-0.2, 0) is 4.79 Å². The van der Waals surface area contributed by atoms with Gasteiger partial charge in [0.1, 0.15) is 0 Å². The van der Waals surface area contributed by atoms with Crippen LogP contribution in [0.3, 0.4) is 0 Å². The van der Waals surface area contributed by atoms with Crippen molar-refractivity contribution in [1.29, 1.82) is 0 Å². The first-order valence-electron chi connectivity index (χ1n) is 5.11. The molecule has 0 fully saturated rings. The van der Waals surface area contributed by atoms with Gasteiger partial charge in [0.25, 0.3) is 11.7 Å². The molecule has 5 heteroatoms. The van der Waals surface area contributed by atoms with Crippen LogP contribution in [0.25, 0.3) is 0 Å². The Bertz CT molecular complexity index is 389. The minimum Gasteiger partial charge on any atom is -0.339 e. The second-order valence-corrected chi connectivity index (χ2v) is 5.98. The SMILES string of the molecule is CCCCN(C)C(=O)C(=O)c1ccc(Br)s1. The molecule has 16 heavy (non-hydrogen) atoms. The summed E-state index contributed by atoms with van der Waals surface area (Å²) >= 11 is 4.55. The second kappa shape index (κ2) is 6.15. The van der Waals surface area contributed by atoms with Crippen LogP contribution in [0.5, 0.6) is 0 Å². The topological polar surface area (TPSA) is 37.4 Å². The lowest BCUT2D eigenvalue weighted by molar-refractivity contribution is -0.125. The molecule has 0 N–H and O–H groups in total. The zero-order chi connectivity index (χ0) is 12.1. The van der Waals surface area contributed by atoms with E-state index >= 15 is 0 Å². The predicted molar refractivity (Wildman–Crippen MR) is 68.9 cm³/mol. The van der Waals surface area contributed by atoms with Crippen molar-refractivity contribution in [2.24, 2.45) is 0 Å². The zero-order valence-electron chi connectivity index (χ0n) is 9.33. The summed E-state index contributed by atoms with van der Waals surface area (Å²) in [5, 5.41) is 0. The number of Topliss-reactive ketones (excluding diaryl/α,β-unsaturated/α-hetero) is 1. The van der Waals surface area contributed by atoms with Crippen molar-refractivity contribution in [3.8, 4) is 0 Å². The predicted octanol–water partition coefficient (Wildman–Crippen LogP) is 2.95. The Morgan fingerprint density at radius 2 is 2.12 bits per heavy atom. The van der Waals surface area contributed by atoms with Crippen molar-refractivity contribution in [1.82, 2.24) is 4.90 Å². The molecule has 1 aromatic heterocycles. The first kappa shape index (κ1) is 13.4. The van der Waals surface area contributed by atoms with E-state index in [-0.39, 0.29) is 0 Å². The molecule has 0 unspecified atom stereocenters. The summed E-state index contributed by atoms with van der Waals surface area (Å²) in [6.07, 6.45) is 1.93. The molecule has 1 aromatic rings. The zero-order valence-corrected chi connectivity index (χ0v) is 11.7. The van der Waals surface area contributed by atoms with Gasteiger partial charge < -0.3 is 4.90 Å². The second-order valence-electron chi connectivity index (χ2n) is 3.51. The highest BCUT2D eigenvalue weighted by Gasteiger charge is 2.21. The molecule has 0 aliphatic heterocycles. The molecule has 0 aliphatic rings. The molecule has 3 nitrogen and oxygen atoms in total. The molecule has 0 atom stereocenters. The van der Waals surface area contributed by atoms with Crippen LogP contribution in [0.15, 0.2) is 15.9 Å². The van der Waals surface area contributed by atoms with Gasteiger partial charge in [-0.2, -0.15) is 0 Å². The van der Waals surface area contributed by atoms with Crippen molar-refractivity contribution in [2.45, 2.75) is 19.8 Å². The van der Waals surface area contributed by atoms with Gasteiger partial charge in [-0.25, -0.2) is 0 Å². The van der Waals surface area contributed by atoms with Crippen LogP contribution in [0, 0.1) is 0 Å². The largest absolute Gasteiger partial charge is 0.339 e. The number of carbonyl (C=O) groups is 2. The van der Waals surface area contributed by atoms with Gasteiger partial charge in [-0.3, -0.25) is 9.59 Å². The standard InChI is InChI=1S/C11H14BrNO2S/c1-3-4-7-13(2)11(15)10(14)8-5-6-9(12)16-8/h5-6H,3-4,7H2,1-2H3. The fourth-order valence-corrected chi connectivity index (χ4v) is 2.53. The maximum absolute atomic E-state index is 11.8. The monoisotopic (exact) mass is 303 g/mol. The molecule has 1 rings (SSSR count). The normalized spacial score (nSPS) is 10.2. The molecule has 0 bridgehead atoms. The number of likely N-dealkylation sites (N-methyl/N-ethyl adjacent to an activating group) is 1. The van der Waals surface area contributed by atoms with Gasteiger partial charge in [-0.05, 0) is 34.5 Å². The maximum atomic E-state index is 11.8. The quantitative estimate of drug-likeness (QED) is 0.619. The summed E-state index contributed by atoms with van der Waals surface area (Å²) in [5.74, 6) is -0.850. The molecule has 0 saturated heterocycles. The summed E-state index contributed by atoms with van der Waals surface area (Å²) in [6, 6.07) is 3.44. The number of hydrogen-bond acceptors (Lipinski definition) is 3. The van der Waals surface area contributed by atoms with Gasteiger partial charge >= 0.3 is 0 Å². The third-order valence-corrected chi connectivity index (χ3v) is 3.81. The average Bonchev–Trinajstić information content (AvgIpc) is 2.70. The van der Waals surface area contributed by atoms with Gasteiger partial charge in [0.05, 0.1) is 8.66 Å². The van der Waals surface area contributed by atoms with E-state index in [1.807, 2.05) is 0 Å². The van der Waals surface area contributed by atoms with Gasteiger partial charge in [-0.15, -0.1) is 11.3 Å². The summed E-state index contributed by atoms with van der Waals surface area (Å²) in [6.45, 7) is 2.68. The average molecular weight is 304 g/mol. The Morgan fingerprint density at radius 3 is 2.62 bits per heavy atom. The molecule has 0 spiro atoms. The number of nitrogens with zero attached hydrogens (tertiary/aromatic N) is 1. The minimum atomic E-state index is -0.428. The van der Waals surface area contributed by atoms with Crippen LogP contribution in [0.1, 0.15) is 29.4 Å². The Kier molecular flexibility index (Phi) is 5.15. The van der Waals surface area contributed by atoms with Crippen molar-refractivity contribution in [3.63, 3.8) is 0 Å². The highest BCUT2D eigenvalue weighted by Crippen LogP contribution is 2.22. The number of halogens is 1. The van der Waals surface area contributed by atoms with Crippen molar-refractivity contribution >= 4 is 39.0 Å². The highest BCUT2D eigenvalue weighted by atomic mass is 79.9. The highest BCUT2D eigenvalue weighted by molar-refractivity contribution is 9.11. The Morgan fingerprint density at radius 1 is 1.44 bits per heavy atom. The van der Waals surface area contributed by atoms with Crippen LogP contribution < -0.4 is 0 Å². The molecular weight excluding hydrogens is 290 g/mol. The molecule has 1 amide bonds. The molecule has 0 aromatic carbocycles. The number of ketones is 1. The number of thiophene rings is 1. The number of amides is 1. The third-order valence-electron chi connectivity index (χ3n) is 2.19. The van der Waals surface area contributed by atoms with E-state index < -0.39 is 11.7 Å². The number of carbonyl (C=O) groups excluding carboxylic acids is 2. The van der Waals surface area contributed by atoms with Crippen LogP contribution in [0.2, 0.25) is 0 Å². The van der Waals surface area contributed by atoms with Crippen LogP contribution >= 0.6 is 27.3 Å². The van der Waals surface area contributed by atoms with E-state index in [1.165, 1.54) is 16.2 Å². The Balaban J connectivity index is 2.63. The fourth-order valence-electron chi connectivity index (χ4n) is 1.21. The molecule has 0 aliphatic carbocycles. The molecule has 0 saturated carbocycles. The minimum absolute atomic E-state index is 0.422. The van der Waals surface area contributed by atoms with E-state index in [0.29, 0.717) is 11.4 Å². The summed E-state index contributed by atoms with van der Waals surface area (Å²) < 4.78 is 0.861. The first-order chi connectivity index (χ1) is 7.56. The van der Waals surface area contributed by atoms with E-state index in [0.717, 1.165) is 16.6 Å². The first-order valence-corrected chi connectivity index (χ1v) is 6.72. The molecular formula is C11H14BrNO2S. The van der Waals surface area contributed by atoms with Crippen molar-refractivity contribution in [2.75, 3.05) is 13.6 Å². The molecule has 0 radical (unpaired) electrons. The number of unbranched alkanes of at least 4 members (excludes halogenated alkanes) is 1. The van der Waals surface area contributed by atoms with Gasteiger partial charge in [0.15, 0.2) is 0 Å². The van der Waals surface area contributed by atoms with Crippen LogP contribution in [-0.4, -0.2) is 30.2 Å². The lowest BCUT2D eigenvalue weighted by Gasteiger charge is -2.14. The summed E-state index contributed by atoms with van der Waals surface area (Å²) in [5.41, 5.74) is 0. The van der Waals surface area contributed by atoms with E-state index in [9.17, 15) is 9.59 Å². The third kappa shape index (κ3) is 3.42. The van der Waals surface area contributed by atoms with Crippen LogP contribution in [0.4, 0.5) is 0 Å². The van der Waals surface area contributed by atoms with Gasteiger partial charge in [0, 0.05) is 13.6 Å². The Labute approximate surface area is 108 Å². The fraction of sp³-hybridized carbons (Fsp3) is 0.455. The lowest BCUT2D eigenvalue weighted by atomic mass is 10.2. The van der Waals surface area contributed by atoms with E-state index in [1.54, 1.807) is 19.2 Å². The van der Waals surface area contributed by atoms with Crippen molar-refractivity contribution in [3.05, 3.63) is 20.8 Å². The van der Waals surface area contributed by atoms with Crippen molar-refractivity contribution < 1.29 is 9.59 Å². The smallest absolute Gasteiger partial charge is 0.295 e. The van der Waals surface area contributed by atoms with Gasteiger partial charge in [-0.1, -0.05) is 13.3 Å². The Hall–Kier alpha value is -0.680. The maximum Gasteiger partial charge on any atom is 0.295 e. The summed E-state index contributed by atoms with van der Waals surface area (Å²) in [4.78, 5) is 25.5. The number of rotatable bonds is 5. The number of hydrogen-bond donors (Lipinski definition) is 0. The summed E-state index contributed by atoms with van der Waals surface area (Å²) in [7, 11) is 1.67. The molecule has 88 valence electrons. The molecule has 1 heterocycles.